The molecule has 1 aliphatic carbocycles. The highest BCUT2D eigenvalue weighted by Crippen LogP contribution is 2.33. The van der Waals surface area contributed by atoms with E-state index in [0.717, 1.165) is 31.8 Å². The minimum Gasteiger partial charge on any atom is -0.312 e. The normalized spacial score (nSPS) is 29.3. The molecule has 2 atom stereocenters. The molecule has 0 N–H and O–H groups in total. The van der Waals surface area contributed by atoms with E-state index in [0.29, 0.717) is 30.5 Å². The van der Waals surface area contributed by atoms with Crippen LogP contribution in [-0.4, -0.2) is 62.1 Å². The molecular weight excluding hydrogens is 466 g/mol. The number of hydrogen-bond acceptors (Lipinski definition) is 4. The van der Waals surface area contributed by atoms with Crippen molar-refractivity contribution in [2.75, 3.05) is 26.2 Å². The highest BCUT2D eigenvalue weighted by Gasteiger charge is 2.35. The zero-order valence-electron chi connectivity index (χ0n) is 17.1. The average Bonchev–Trinajstić information content (AvgIpc) is 2.87. The third-order valence-electron chi connectivity index (χ3n) is 6.10. The van der Waals surface area contributed by atoms with E-state index in [9.17, 15) is 17.2 Å². The Kier molecular flexibility index (Phi) is 7.58. The van der Waals surface area contributed by atoms with Crippen molar-refractivity contribution in [2.24, 2.45) is 5.92 Å². The van der Waals surface area contributed by atoms with E-state index in [-0.39, 0.29) is 11.3 Å². The highest BCUT2D eigenvalue weighted by molar-refractivity contribution is 9.11. The van der Waals surface area contributed by atoms with Crippen molar-refractivity contribution in [3.05, 3.63) is 21.5 Å². The quantitative estimate of drug-likeness (QED) is 0.563. The first kappa shape index (κ1) is 23.3. The average molecular weight is 497 g/mol. The Balaban J connectivity index is 1.59. The Morgan fingerprint density at radius 1 is 1.14 bits per heavy atom. The summed E-state index contributed by atoms with van der Waals surface area (Å²) in [4.78, 5) is 2.70. The number of sulfonamides is 1. The fourth-order valence-electron chi connectivity index (χ4n) is 4.40. The summed E-state index contributed by atoms with van der Waals surface area (Å²) < 4.78 is 58.9. The summed E-state index contributed by atoms with van der Waals surface area (Å²) in [6, 6.07) is 0.443. The SMILES string of the molecule is CC1CCCN(C2CCN(S(=O)(=O)C3=CCC(OC(C)(F)F)C(Br)=C3)CC2)CC1. The van der Waals surface area contributed by atoms with E-state index in [1.54, 1.807) is 0 Å². The molecule has 0 saturated carbocycles. The molecular formula is C20H31BrF2N2O3S. The fraction of sp³-hybridized carbons (Fsp3) is 0.800. The van der Waals surface area contributed by atoms with Crippen LogP contribution in [0.4, 0.5) is 8.78 Å². The van der Waals surface area contributed by atoms with Crippen molar-refractivity contribution in [3.8, 4) is 0 Å². The molecule has 2 aliphatic heterocycles. The van der Waals surface area contributed by atoms with Crippen molar-refractivity contribution in [1.82, 2.24) is 9.21 Å². The van der Waals surface area contributed by atoms with Gasteiger partial charge in [-0.1, -0.05) is 28.9 Å². The standard InChI is InChI=1S/C20H31BrF2N2O3S/c1-15-4-3-10-24(11-7-15)16-8-12-25(13-9-16)29(26,27)17-5-6-19(18(21)14-17)28-20(2,22)23/h5,14-16,19H,3-4,6-13H2,1-2H3. The first-order chi connectivity index (χ1) is 13.6. The number of piperidine rings is 1. The summed E-state index contributed by atoms with van der Waals surface area (Å²) in [6.45, 7) is 6.18. The number of ether oxygens (including phenoxy) is 1. The molecule has 3 rings (SSSR count). The smallest absolute Gasteiger partial charge is 0.312 e. The minimum absolute atomic E-state index is 0.0947. The third kappa shape index (κ3) is 6.09. The zero-order valence-corrected chi connectivity index (χ0v) is 19.5. The van der Waals surface area contributed by atoms with E-state index in [1.165, 1.54) is 35.7 Å². The lowest BCUT2D eigenvalue weighted by Crippen LogP contribution is -2.47. The summed E-state index contributed by atoms with van der Waals surface area (Å²) in [5.74, 6) is 0.768. The molecule has 3 aliphatic rings. The minimum atomic E-state index is -3.63. The molecule has 0 radical (unpaired) electrons. The van der Waals surface area contributed by atoms with Crippen LogP contribution in [-0.2, 0) is 14.8 Å². The lowest BCUT2D eigenvalue weighted by atomic mass is 10.0. The van der Waals surface area contributed by atoms with Crippen LogP contribution < -0.4 is 0 Å². The van der Waals surface area contributed by atoms with Crippen molar-refractivity contribution < 1.29 is 21.9 Å². The van der Waals surface area contributed by atoms with E-state index >= 15 is 0 Å². The van der Waals surface area contributed by atoms with E-state index in [4.69, 9.17) is 0 Å². The van der Waals surface area contributed by atoms with Gasteiger partial charge in [0.25, 0.3) is 0 Å². The second-order valence-corrected chi connectivity index (χ2v) is 11.3. The fourth-order valence-corrected chi connectivity index (χ4v) is 6.66. The van der Waals surface area contributed by atoms with Crippen LogP contribution in [0, 0.1) is 5.92 Å². The number of nitrogens with zero attached hydrogens (tertiary/aromatic N) is 2. The summed E-state index contributed by atoms with van der Waals surface area (Å²) in [6.07, 6.45) is 4.20. The van der Waals surface area contributed by atoms with Gasteiger partial charge in [0.2, 0.25) is 10.0 Å². The Labute approximate surface area is 181 Å². The van der Waals surface area contributed by atoms with Crippen molar-refractivity contribution in [3.63, 3.8) is 0 Å². The van der Waals surface area contributed by atoms with E-state index in [1.807, 2.05) is 0 Å². The van der Waals surface area contributed by atoms with Crippen molar-refractivity contribution in [2.45, 2.75) is 70.6 Å². The maximum absolute atomic E-state index is 13.1. The second-order valence-electron chi connectivity index (χ2n) is 8.49. The van der Waals surface area contributed by atoms with Crippen LogP contribution >= 0.6 is 15.9 Å². The summed E-state index contributed by atoms with van der Waals surface area (Å²) >= 11 is 3.21. The van der Waals surface area contributed by atoms with E-state index < -0.39 is 22.2 Å². The molecule has 0 bridgehead atoms. The number of allylic oxidation sites excluding steroid dienone is 1. The van der Waals surface area contributed by atoms with Gasteiger partial charge in [0, 0.05) is 30.5 Å². The number of hydrogen-bond donors (Lipinski definition) is 0. The number of halogens is 3. The predicted molar refractivity (Wildman–Crippen MR) is 113 cm³/mol. The van der Waals surface area contributed by atoms with E-state index in [2.05, 4.69) is 32.5 Å². The Bertz CT molecular complexity index is 743. The summed E-state index contributed by atoms with van der Waals surface area (Å²) in [5.41, 5.74) is 0. The second kappa shape index (κ2) is 9.42. The molecule has 166 valence electrons. The van der Waals surface area contributed by atoms with Crippen LogP contribution in [0.15, 0.2) is 21.5 Å². The molecule has 9 heteroatoms. The van der Waals surface area contributed by atoms with Gasteiger partial charge in [0.1, 0.15) is 0 Å². The van der Waals surface area contributed by atoms with Gasteiger partial charge in [-0.25, -0.2) is 8.42 Å². The molecule has 29 heavy (non-hydrogen) atoms. The maximum Gasteiger partial charge on any atom is 0.353 e. The van der Waals surface area contributed by atoms with Crippen LogP contribution in [0.5, 0.6) is 0 Å². The molecule has 2 fully saturated rings. The lowest BCUT2D eigenvalue weighted by Gasteiger charge is -2.38. The van der Waals surface area contributed by atoms with Crippen LogP contribution in [0.1, 0.15) is 52.4 Å². The van der Waals surface area contributed by atoms with Crippen LogP contribution in [0.25, 0.3) is 0 Å². The number of alkyl halides is 2. The molecule has 0 amide bonds. The van der Waals surface area contributed by atoms with Gasteiger partial charge in [0.15, 0.2) is 0 Å². The summed E-state index contributed by atoms with van der Waals surface area (Å²) in [5, 5.41) is 0. The van der Waals surface area contributed by atoms with Gasteiger partial charge >= 0.3 is 6.11 Å². The number of likely N-dealkylation sites (tertiary alicyclic amines) is 1. The predicted octanol–water partition coefficient (Wildman–Crippen LogP) is 4.47. The molecule has 2 heterocycles. The van der Waals surface area contributed by atoms with Gasteiger partial charge in [-0.2, -0.15) is 13.1 Å². The molecule has 5 nitrogen and oxygen atoms in total. The van der Waals surface area contributed by atoms with Crippen molar-refractivity contribution >= 4 is 26.0 Å². The molecule has 2 unspecified atom stereocenters. The molecule has 0 aromatic carbocycles. The molecule has 0 spiro atoms. The molecule has 2 saturated heterocycles. The maximum atomic E-state index is 13.1. The zero-order chi connectivity index (χ0) is 21.2. The van der Waals surface area contributed by atoms with Gasteiger partial charge in [0.05, 0.1) is 11.0 Å². The first-order valence-electron chi connectivity index (χ1n) is 10.4. The van der Waals surface area contributed by atoms with Gasteiger partial charge in [-0.3, -0.25) is 0 Å². The Morgan fingerprint density at radius 2 is 1.83 bits per heavy atom. The first-order valence-corrected chi connectivity index (χ1v) is 12.7. The van der Waals surface area contributed by atoms with Gasteiger partial charge in [-0.05, 0) is 63.6 Å². The Morgan fingerprint density at radius 3 is 2.45 bits per heavy atom. The summed E-state index contributed by atoms with van der Waals surface area (Å²) in [7, 11) is -3.63. The van der Waals surface area contributed by atoms with Gasteiger partial charge in [-0.15, -0.1) is 0 Å². The largest absolute Gasteiger partial charge is 0.353 e. The van der Waals surface area contributed by atoms with Crippen molar-refractivity contribution in [1.29, 1.82) is 0 Å². The van der Waals surface area contributed by atoms with Crippen LogP contribution in [0.2, 0.25) is 0 Å². The van der Waals surface area contributed by atoms with Gasteiger partial charge < -0.3 is 9.64 Å². The monoisotopic (exact) mass is 496 g/mol. The molecule has 0 aromatic heterocycles. The Hall–Kier alpha value is -0.350. The third-order valence-corrected chi connectivity index (χ3v) is 8.76. The van der Waals surface area contributed by atoms with Crippen LogP contribution in [0.3, 0.4) is 0 Å². The lowest BCUT2D eigenvalue weighted by molar-refractivity contribution is -0.240. The highest BCUT2D eigenvalue weighted by atomic mass is 79.9. The molecule has 0 aromatic rings. The topological polar surface area (TPSA) is 49.9 Å². The number of rotatable bonds is 5.